The van der Waals surface area contributed by atoms with Crippen molar-refractivity contribution in [2.45, 2.75) is 31.7 Å². The maximum atomic E-state index is 12.9. The first-order valence-corrected chi connectivity index (χ1v) is 9.18. The Bertz CT molecular complexity index is 882. The Morgan fingerprint density at radius 2 is 1.89 bits per heavy atom. The first kappa shape index (κ1) is 17.2. The molecule has 1 atom stereocenters. The highest BCUT2D eigenvalue weighted by Crippen LogP contribution is 2.31. The summed E-state index contributed by atoms with van der Waals surface area (Å²) in [6, 6.07) is 12.8. The average molecular weight is 363 g/mol. The first-order chi connectivity index (χ1) is 13.3. The van der Waals surface area contributed by atoms with E-state index in [1.165, 1.54) is 0 Å². The molecule has 1 N–H and O–H groups in total. The molecule has 27 heavy (non-hydrogen) atoms. The number of nitrogens with zero attached hydrogens (tertiary/aromatic N) is 4. The van der Waals surface area contributed by atoms with Crippen molar-refractivity contribution in [2.75, 3.05) is 11.9 Å². The number of urea groups is 1. The Balaban J connectivity index is 1.57. The van der Waals surface area contributed by atoms with Gasteiger partial charge in [-0.2, -0.15) is 4.98 Å². The molecule has 1 unspecified atom stereocenters. The number of benzene rings is 1. The third-order valence-corrected chi connectivity index (χ3v) is 4.70. The van der Waals surface area contributed by atoms with Gasteiger partial charge in [-0.05, 0) is 37.1 Å². The highest BCUT2D eigenvalue weighted by molar-refractivity contribution is 5.89. The van der Waals surface area contributed by atoms with Gasteiger partial charge in [-0.1, -0.05) is 36.2 Å². The lowest BCUT2D eigenvalue weighted by Gasteiger charge is -2.27. The second-order valence-corrected chi connectivity index (χ2v) is 6.55. The van der Waals surface area contributed by atoms with Crippen LogP contribution in [0.5, 0.6) is 0 Å². The molecular formula is C20H21N5O2. The molecule has 0 saturated carbocycles. The summed E-state index contributed by atoms with van der Waals surface area (Å²) in [6.45, 7) is 0.663. The predicted molar refractivity (Wildman–Crippen MR) is 101 cm³/mol. The Morgan fingerprint density at radius 1 is 1.07 bits per heavy atom. The van der Waals surface area contributed by atoms with Crippen LogP contribution in [0.4, 0.5) is 10.5 Å². The number of nitrogens with one attached hydrogen (secondary N) is 1. The number of carbonyl (C=O) groups excluding carboxylic acids is 1. The number of amides is 2. The highest BCUT2D eigenvalue weighted by atomic mass is 16.5. The van der Waals surface area contributed by atoms with E-state index < -0.39 is 0 Å². The molecule has 7 heteroatoms. The van der Waals surface area contributed by atoms with Crippen LogP contribution in [0.2, 0.25) is 0 Å². The van der Waals surface area contributed by atoms with Crippen LogP contribution >= 0.6 is 0 Å². The van der Waals surface area contributed by atoms with Crippen LogP contribution in [0.15, 0.2) is 59.4 Å². The number of hydrogen-bond donors (Lipinski definition) is 1. The molecule has 2 amide bonds. The van der Waals surface area contributed by atoms with Crippen LogP contribution in [0.3, 0.4) is 0 Å². The van der Waals surface area contributed by atoms with Gasteiger partial charge in [0.2, 0.25) is 11.7 Å². The molecule has 4 rings (SSSR count). The van der Waals surface area contributed by atoms with Crippen LogP contribution in [0.25, 0.3) is 11.4 Å². The SMILES string of the molecule is O=C(Nc1ccccc1)N1CCCCCC1c1nc(-c2ccncc2)no1. The largest absolute Gasteiger partial charge is 0.337 e. The molecule has 2 aromatic heterocycles. The van der Waals surface area contributed by atoms with Gasteiger partial charge in [0.15, 0.2) is 0 Å². The summed E-state index contributed by atoms with van der Waals surface area (Å²) < 4.78 is 5.54. The fraction of sp³-hybridized carbons (Fsp3) is 0.300. The van der Waals surface area contributed by atoms with Crippen molar-refractivity contribution in [3.63, 3.8) is 0 Å². The van der Waals surface area contributed by atoms with Crippen molar-refractivity contribution in [3.05, 3.63) is 60.7 Å². The van der Waals surface area contributed by atoms with Gasteiger partial charge in [-0.3, -0.25) is 4.98 Å². The molecule has 3 heterocycles. The summed E-state index contributed by atoms with van der Waals surface area (Å²) in [5.74, 6) is 0.993. The molecule has 0 spiro atoms. The molecule has 1 aliphatic rings. The molecule has 138 valence electrons. The zero-order valence-electron chi connectivity index (χ0n) is 14.9. The summed E-state index contributed by atoms with van der Waals surface area (Å²) >= 11 is 0. The fourth-order valence-electron chi connectivity index (χ4n) is 3.31. The summed E-state index contributed by atoms with van der Waals surface area (Å²) in [5, 5.41) is 7.06. The predicted octanol–water partition coefficient (Wildman–Crippen LogP) is 4.28. The quantitative estimate of drug-likeness (QED) is 0.751. The van der Waals surface area contributed by atoms with Crippen molar-refractivity contribution in [1.29, 1.82) is 0 Å². The normalized spacial score (nSPS) is 17.3. The van der Waals surface area contributed by atoms with E-state index in [4.69, 9.17) is 4.52 Å². The van der Waals surface area contributed by atoms with Crippen molar-refractivity contribution in [1.82, 2.24) is 20.0 Å². The van der Waals surface area contributed by atoms with Gasteiger partial charge in [-0.25, -0.2) is 4.79 Å². The Hall–Kier alpha value is -3.22. The lowest BCUT2D eigenvalue weighted by Crippen LogP contribution is -2.38. The van der Waals surface area contributed by atoms with Crippen LogP contribution < -0.4 is 5.32 Å². The standard InChI is InChI=1S/C20H21N5O2/c26-20(22-16-7-3-1-4-8-16)25-14-6-2-5-9-17(25)19-23-18(24-27-19)15-10-12-21-13-11-15/h1,3-4,7-8,10-13,17H,2,5-6,9,14H2,(H,22,26). The van der Waals surface area contributed by atoms with Crippen LogP contribution in [-0.2, 0) is 0 Å². The Morgan fingerprint density at radius 3 is 2.70 bits per heavy atom. The first-order valence-electron chi connectivity index (χ1n) is 9.18. The number of para-hydroxylation sites is 1. The molecular weight excluding hydrogens is 342 g/mol. The molecule has 1 aromatic carbocycles. The third-order valence-electron chi connectivity index (χ3n) is 4.70. The number of anilines is 1. The maximum Gasteiger partial charge on any atom is 0.322 e. The fourth-order valence-corrected chi connectivity index (χ4v) is 3.31. The van der Waals surface area contributed by atoms with Gasteiger partial charge in [0.25, 0.3) is 0 Å². The number of likely N-dealkylation sites (tertiary alicyclic amines) is 1. The van der Waals surface area contributed by atoms with E-state index >= 15 is 0 Å². The van der Waals surface area contributed by atoms with E-state index in [0.717, 1.165) is 36.9 Å². The molecule has 0 bridgehead atoms. The van der Waals surface area contributed by atoms with Crippen LogP contribution in [0.1, 0.15) is 37.6 Å². The van der Waals surface area contributed by atoms with Gasteiger partial charge < -0.3 is 14.7 Å². The maximum absolute atomic E-state index is 12.9. The smallest absolute Gasteiger partial charge is 0.322 e. The molecule has 1 aliphatic heterocycles. The second kappa shape index (κ2) is 7.99. The van der Waals surface area contributed by atoms with Gasteiger partial charge in [-0.15, -0.1) is 0 Å². The number of aromatic nitrogens is 3. The van der Waals surface area contributed by atoms with Gasteiger partial charge in [0.1, 0.15) is 6.04 Å². The summed E-state index contributed by atoms with van der Waals surface area (Å²) in [5.41, 5.74) is 1.61. The van der Waals surface area contributed by atoms with Crippen molar-refractivity contribution in [3.8, 4) is 11.4 Å². The van der Waals surface area contributed by atoms with Crippen molar-refractivity contribution < 1.29 is 9.32 Å². The lowest BCUT2D eigenvalue weighted by atomic mass is 10.1. The van der Waals surface area contributed by atoms with Crippen molar-refractivity contribution in [2.24, 2.45) is 0 Å². The van der Waals surface area contributed by atoms with Crippen molar-refractivity contribution >= 4 is 11.7 Å². The molecule has 1 saturated heterocycles. The minimum Gasteiger partial charge on any atom is -0.337 e. The molecule has 0 radical (unpaired) electrons. The van der Waals surface area contributed by atoms with E-state index in [1.54, 1.807) is 12.4 Å². The second-order valence-electron chi connectivity index (χ2n) is 6.55. The molecule has 1 fully saturated rings. The van der Waals surface area contributed by atoms with E-state index in [0.29, 0.717) is 18.3 Å². The lowest BCUT2D eigenvalue weighted by molar-refractivity contribution is 0.171. The number of rotatable bonds is 3. The number of hydrogen-bond acceptors (Lipinski definition) is 5. The zero-order valence-corrected chi connectivity index (χ0v) is 14.9. The van der Waals surface area contributed by atoms with E-state index in [-0.39, 0.29) is 12.1 Å². The Kier molecular flexibility index (Phi) is 5.09. The topological polar surface area (TPSA) is 84.2 Å². The van der Waals surface area contributed by atoms with Crippen LogP contribution in [0, 0.1) is 0 Å². The Labute approximate surface area is 157 Å². The number of carbonyl (C=O) groups is 1. The molecule has 3 aromatic rings. The van der Waals surface area contributed by atoms with E-state index in [1.807, 2.05) is 47.4 Å². The molecule has 7 nitrogen and oxygen atoms in total. The minimum absolute atomic E-state index is 0.142. The summed E-state index contributed by atoms with van der Waals surface area (Å²) in [6.07, 6.45) is 7.25. The minimum atomic E-state index is -0.223. The van der Waals surface area contributed by atoms with Gasteiger partial charge >= 0.3 is 6.03 Å². The van der Waals surface area contributed by atoms with E-state index in [9.17, 15) is 4.79 Å². The zero-order chi connectivity index (χ0) is 18.5. The van der Waals surface area contributed by atoms with E-state index in [2.05, 4.69) is 20.4 Å². The monoisotopic (exact) mass is 363 g/mol. The van der Waals surface area contributed by atoms with Crippen LogP contribution in [-0.4, -0.2) is 32.6 Å². The van der Waals surface area contributed by atoms with Gasteiger partial charge in [0.05, 0.1) is 0 Å². The number of pyridine rings is 1. The summed E-state index contributed by atoms with van der Waals surface area (Å²) in [7, 11) is 0. The highest BCUT2D eigenvalue weighted by Gasteiger charge is 2.31. The van der Waals surface area contributed by atoms with Gasteiger partial charge in [0, 0.05) is 30.2 Å². The third kappa shape index (κ3) is 3.97. The molecule has 0 aliphatic carbocycles. The summed E-state index contributed by atoms with van der Waals surface area (Å²) in [4.78, 5) is 23.3. The average Bonchev–Trinajstić information content (AvgIpc) is 3.07.